The molecule has 2 unspecified atom stereocenters. The molecule has 3 rings (SSSR count). The minimum atomic E-state index is 0.476. The highest BCUT2D eigenvalue weighted by molar-refractivity contribution is 5.40. The maximum absolute atomic E-state index is 3.61. The van der Waals surface area contributed by atoms with Crippen LogP contribution in [0.3, 0.4) is 0 Å². The van der Waals surface area contributed by atoms with Crippen molar-refractivity contribution in [2.45, 2.75) is 52.5 Å². The van der Waals surface area contributed by atoms with E-state index in [-0.39, 0.29) is 0 Å². The Hall–Kier alpha value is -0.820. The van der Waals surface area contributed by atoms with Gasteiger partial charge in [-0.05, 0) is 53.7 Å². The third-order valence-electron chi connectivity index (χ3n) is 6.41. The van der Waals surface area contributed by atoms with E-state index < -0.39 is 0 Å². The summed E-state index contributed by atoms with van der Waals surface area (Å²) >= 11 is 0. The maximum atomic E-state index is 3.61. The summed E-state index contributed by atoms with van der Waals surface area (Å²) in [5.41, 5.74) is 4.11. The fourth-order valence-electron chi connectivity index (χ4n) is 4.55. The number of hydrogen-bond donors (Lipinski definition) is 1. The van der Waals surface area contributed by atoms with Crippen molar-refractivity contribution in [3.05, 3.63) is 35.4 Å². The lowest BCUT2D eigenvalue weighted by atomic mass is 9.73. The number of hydrogen-bond acceptors (Lipinski definition) is 1. The SMILES string of the molecule is CNC(CC1Cc2ccccc21)C1C(C)(C)C1(C)C. The second-order valence-corrected chi connectivity index (χ2v) is 7.65. The number of fused-ring (bicyclic) bond motifs is 1. The monoisotopic (exact) mass is 257 g/mol. The van der Waals surface area contributed by atoms with Crippen LogP contribution in [0.1, 0.15) is 51.2 Å². The van der Waals surface area contributed by atoms with Crippen LogP contribution in [-0.4, -0.2) is 13.1 Å². The highest BCUT2D eigenvalue weighted by Gasteiger charge is 2.66. The van der Waals surface area contributed by atoms with E-state index in [2.05, 4.69) is 64.3 Å². The van der Waals surface area contributed by atoms with Crippen LogP contribution in [0.2, 0.25) is 0 Å². The molecular formula is C18H27N. The average Bonchev–Trinajstić information content (AvgIpc) is 2.73. The second-order valence-electron chi connectivity index (χ2n) is 7.65. The van der Waals surface area contributed by atoms with Crippen molar-refractivity contribution in [1.29, 1.82) is 0 Å². The highest BCUT2D eigenvalue weighted by atomic mass is 14.9. The summed E-state index contributed by atoms with van der Waals surface area (Å²) in [6, 6.07) is 9.61. The molecule has 0 spiro atoms. The number of nitrogens with one attached hydrogen (secondary N) is 1. The summed E-state index contributed by atoms with van der Waals surface area (Å²) < 4.78 is 0. The van der Waals surface area contributed by atoms with Crippen LogP contribution in [0, 0.1) is 16.7 Å². The summed E-state index contributed by atoms with van der Waals surface area (Å²) in [5, 5.41) is 3.61. The summed E-state index contributed by atoms with van der Waals surface area (Å²) in [6.45, 7) is 9.71. The van der Waals surface area contributed by atoms with Gasteiger partial charge in [0.2, 0.25) is 0 Å². The summed E-state index contributed by atoms with van der Waals surface area (Å²) in [4.78, 5) is 0. The Morgan fingerprint density at radius 3 is 2.32 bits per heavy atom. The Kier molecular flexibility index (Phi) is 2.83. The summed E-state index contributed by atoms with van der Waals surface area (Å²) in [6.07, 6.45) is 2.58. The van der Waals surface area contributed by atoms with Gasteiger partial charge in [0, 0.05) is 6.04 Å². The molecule has 1 heteroatoms. The standard InChI is InChI=1S/C18H27N/c1-17(2)16(18(17,3)4)15(19-5)11-13-10-12-8-6-7-9-14(12)13/h6-9,13,15-16,19H,10-11H2,1-5H3. The molecule has 0 radical (unpaired) electrons. The Balaban J connectivity index is 1.71. The molecule has 1 aromatic carbocycles. The Labute approximate surface area is 117 Å². The molecule has 0 saturated heterocycles. The summed E-state index contributed by atoms with van der Waals surface area (Å²) in [5.74, 6) is 1.58. The quantitative estimate of drug-likeness (QED) is 0.860. The van der Waals surface area contributed by atoms with E-state index in [0.717, 1.165) is 11.8 Å². The lowest BCUT2D eigenvalue weighted by Crippen LogP contribution is -2.34. The maximum Gasteiger partial charge on any atom is 0.0109 e. The van der Waals surface area contributed by atoms with E-state index in [9.17, 15) is 0 Å². The molecule has 0 aromatic heterocycles. The fraction of sp³-hybridized carbons (Fsp3) is 0.667. The first-order valence-corrected chi connectivity index (χ1v) is 7.64. The molecule has 1 nitrogen and oxygen atoms in total. The molecule has 2 aliphatic rings. The molecule has 1 aromatic rings. The van der Waals surface area contributed by atoms with Gasteiger partial charge < -0.3 is 5.32 Å². The third-order valence-corrected chi connectivity index (χ3v) is 6.41. The van der Waals surface area contributed by atoms with Crippen molar-refractivity contribution in [1.82, 2.24) is 5.32 Å². The van der Waals surface area contributed by atoms with Crippen LogP contribution >= 0.6 is 0 Å². The topological polar surface area (TPSA) is 12.0 Å². The van der Waals surface area contributed by atoms with E-state index in [1.165, 1.54) is 12.8 Å². The van der Waals surface area contributed by atoms with Gasteiger partial charge in [-0.3, -0.25) is 0 Å². The minimum absolute atomic E-state index is 0.476. The first-order valence-electron chi connectivity index (χ1n) is 7.64. The molecule has 2 atom stereocenters. The Morgan fingerprint density at radius 1 is 1.16 bits per heavy atom. The molecule has 104 valence electrons. The lowest BCUT2D eigenvalue weighted by Gasteiger charge is -2.33. The molecule has 2 aliphatic carbocycles. The van der Waals surface area contributed by atoms with Gasteiger partial charge in [-0.25, -0.2) is 0 Å². The first-order chi connectivity index (χ1) is 8.89. The second kappa shape index (κ2) is 4.09. The highest BCUT2D eigenvalue weighted by Crippen LogP contribution is 2.70. The zero-order valence-electron chi connectivity index (χ0n) is 13.0. The molecule has 0 heterocycles. The van der Waals surface area contributed by atoms with E-state index >= 15 is 0 Å². The van der Waals surface area contributed by atoms with Gasteiger partial charge >= 0.3 is 0 Å². The predicted molar refractivity (Wildman–Crippen MR) is 81.4 cm³/mol. The predicted octanol–water partition coefficient (Wildman–Crippen LogP) is 3.99. The molecule has 0 bridgehead atoms. The zero-order chi connectivity index (χ0) is 13.8. The van der Waals surface area contributed by atoms with E-state index in [4.69, 9.17) is 0 Å². The van der Waals surface area contributed by atoms with Gasteiger partial charge in [-0.15, -0.1) is 0 Å². The van der Waals surface area contributed by atoms with Gasteiger partial charge in [0.05, 0.1) is 0 Å². The largest absolute Gasteiger partial charge is 0.317 e. The van der Waals surface area contributed by atoms with Crippen LogP contribution in [0.25, 0.3) is 0 Å². The van der Waals surface area contributed by atoms with Crippen molar-refractivity contribution in [3.8, 4) is 0 Å². The zero-order valence-corrected chi connectivity index (χ0v) is 13.0. The van der Waals surface area contributed by atoms with Crippen LogP contribution in [-0.2, 0) is 6.42 Å². The van der Waals surface area contributed by atoms with Crippen molar-refractivity contribution in [2.75, 3.05) is 7.05 Å². The minimum Gasteiger partial charge on any atom is -0.317 e. The van der Waals surface area contributed by atoms with Gasteiger partial charge in [-0.1, -0.05) is 52.0 Å². The Bertz CT molecular complexity index is 472. The number of benzene rings is 1. The van der Waals surface area contributed by atoms with Crippen molar-refractivity contribution in [2.24, 2.45) is 16.7 Å². The third kappa shape index (κ3) is 1.78. The molecule has 0 aliphatic heterocycles. The van der Waals surface area contributed by atoms with Gasteiger partial charge in [0.1, 0.15) is 0 Å². The molecule has 1 saturated carbocycles. The van der Waals surface area contributed by atoms with Gasteiger partial charge in [0.25, 0.3) is 0 Å². The first kappa shape index (κ1) is 13.2. The van der Waals surface area contributed by atoms with Crippen LogP contribution in [0.5, 0.6) is 0 Å². The fourth-order valence-corrected chi connectivity index (χ4v) is 4.55. The number of rotatable bonds is 4. The molecule has 0 amide bonds. The molecule has 1 N–H and O–H groups in total. The van der Waals surface area contributed by atoms with Crippen LogP contribution < -0.4 is 5.32 Å². The normalized spacial score (nSPS) is 28.4. The van der Waals surface area contributed by atoms with E-state index in [1.54, 1.807) is 11.1 Å². The van der Waals surface area contributed by atoms with E-state index in [1.807, 2.05) is 0 Å². The summed E-state index contributed by atoms with van der Waals surface area (Å²) in [7, 11) is 2.14. The lowest BCUT2D eigenvalue weighted by molar-refractivity contribution is 0.359. The van der Waals surface area contributed by atoms with Crippen molar-refractivity contribution in [3.63, 3.8) is 0 Å². The Morgan fingerprint density at radius 2 is 1.79 bits per heavy atom. The molecule has 19 heavy (non-hydrogen) atoms. The smallest absolute Gasteiger partial charge is 0.0109 e. The van der Waals surface area contributed by atoms with Gasteiger partial charge in [0.15, 0.2) is 0 Å². The van der Waals surface area contributed by atoms with E-state index in [0.29, 0.717) is 16.9 Å². The van der Waals surface area contributed by atoms with Crippen LogP contribution in [0.15, 0.2) is 24.3 Å². The van der Waals surface area contributed by atoms with Crippen molar-refractivity contribution >= 4 is 0 Å². The average molecular weight is 257 g/mol. The molecular weight excluding hydrogens is 230 g/mol. The van der Waals surface area contributed by atoms with Gasteiger partial charge in [-0.2, -0.15) is 0 Å². The molecule has 1 fully saturated rings. The van der Waals surface area contributed by atoms with Crippen LogP contribution in [0.4, 0.5) is 0 Å². The van der Waals surface area contributed by atoms with Crippen molar-refractivity contribution < 1.29 is 0 Å².